The van der Waals surface area contributed by atoms with Crippen molar-refractivity contribution >= 4 is 43.6 Å². The number of nitrogens with zero attached hydrogens (tertiary/aromatic N) is 4. The largest absolute Gasteiger partial charge is 0.254 e. The lowest BCUT2D eigenvalue weighted by Gasteiger charge is -2.37. The zero-order valence-electron chi connectivity index (χ0n) is 28.8. The van der Waals surface area contributed by atoms with Crippen LogP contribution in [0.25, 0.3) is 66.1 Å². The van der Waals surface area contributed by atoms with Gasteiger partial charge >= 0.3 is 0 Å². The maximum absolute atomic E-state index is 5.14. The molecule has 0 saturated carbocycles. The van der Waals surface area contributed by atoms with E-state index in [1.165, 1.54) is 22.3 Å². The van der Waals surface area contributed by atoms with Gasteiger partial charge in [0.15, 0.2) is 0 Å². The van der Waals surface area contributed by atoms with Gasteiger partial charge in [0, 0.05) is 45.1 Å². The molecule has 0 spiro atoms. The van der Waals surface area contributed by atoms with Gasteiger partial charge in [0.2, 0.25) is 0 Å². The monoisotopic (exact) mass is 676 g/mol. The van der Waals surface area contributed by atoms with Crippen molar-refractivity contribution in [2.24, 2.45) is 0 Å². The Balaban J connectivity index is 1.12. The van der Waals surface area contributed by atoms with E-state index >= 15 is 0 Å². The van der Waals surface area contributed by atoms with Gasteiger partial charge in [-0.2, -0.15) is 0 Å². The van der Waals surface area contributed by atoms with Crippen molar-refractivity contribution < 1.29 is 0 Å². The highest BCUT2D eigenvalue weighted by atomic mass is 14.8. The van der Waals surface area contributed by atoms with Crippen molar-refractivity contribution in [3.05, 3.63) is 217 Å². The Bertz CT molecular complexity index is 2720. The molecule has 0 atom stereocenters. The van der Waals surface area contributed by atoms with E-state index in [0.717, 1.165) is 66.1 Å². The number of fused-ring (bicyclic) bond motifs is 6. The fourth-order valence-corrected chi connectivity index (χ4v) is 7.93. The van der Waals surface area contributed by atoms with Crippen LogP contribution in [-0.2, 0) is 5.41 Å². The SMILES string of the molecule is c1ccc(C(c2ccccc2)(c2ccc(-c3ccc4ccc5cccnc5c4n3)cc2)c2ccc(-c3ccc4ccc5cccnc5c4n3)cc2)cc1. The fraction of sp³-hybridized carbons (Fsp3) is 0.0204. The molecule has 0 radical (unpaired) electrons. The van der Waals surface area contributed by atoms with Crippen molar-refractivity contribution in [2.75, 3.05) is 0 Å². The Labute approximate surface area is 307 Å². The van der Waals surface area contributed by atoms with E-state index in [2.05, 4.69) is 180 Å². The Hall–Kier alpha value is -7.04. The van der Waals surface area contributed by atoms with Crippen molar-refractivity contribution in [1.29, 1.82) is 0 Å². The second-order valence-corrected chi connectivity index (χ2v) is 13.5. The number of hydrogen-bond acceptors (Lipinski definition) is 4. The van der Waals surface area contributed by atoms with Crippen LogP contribution < -0.4 is 0 Å². The van der Waals surface area contributed by atoms with Gasteiger partial charge < -0.3 is 0 Å². The van der Waals surface area contributed by atoms with Crippen LogP contribution in [0.3, 0.4) is 0 Å². The zero-order valence-corrected chi connectivity index (χ0v) is 28.8. The quantitative estimate of drug-likeness (QED) is 0.130. The van der Waals surface area contributed by atoms with Crippen LogP contribution in [0.15, 0.2) is 194 Å². The number of rotatable bonds is 6. The molecule has 10 rings (SSSR count). The summed E-state index contributed by atoms with van der Waals surface area (Å²) in [5.74, 6) is 0. The first-order valence-electron chi connectivity index (χ1n) is 17.9. The molecule has 0 bridgehead atoms. The highest BCUT2D eigenvalue weighted by molar-refractivity contribution is 6.04. The molecule has 4 aromatic heterocycles. The van der Waals surface area contributed by atoms with Gasteiger partial charge in [-0.15, -0.1) is 0 Å². The highest BCUT2D eigenvalue weighted by Gasteiger charge is 2.38. The molecule has 0 aliphatic rings. The molecule has 0 aliphatic heterocycles. The average molecular weight is 677 g/mol. The minimum atomic E-state index is -0.590. The van der Waals surface area contributed by atoms with Crippen LogP contribution >= 0.6 is 0 Å². The van der Waals surface area contributed by atoms with Gasteiger partial charge in [0.05, 0.1) is 38.9 Å². The minimum Gasteiger partial charge on any atom is -0.254 e. The molecule has 53 heavy (non-hydrogen) atoms. The molecule has 248 valence electrons. The Morgan fingerprint density at radius 3 is 1.06 bits per heavy atom. The summed E-state index contributed by atoms with van der Waals surface area (Å²) in [6.07, 6.45) is 3.67. The van der Waals surface area contributed by atoms with Gasteiger partial charge in [-0.1, -0.05) is 158 Å². The summed E-state index contributed by atoms with van der Waals surface area (Å²) in [5.41, 5.74) is 11.7. The summed E-state index contributed by atoms with van der Waals surface area (Å²) in [5, 5.41) is 4.33. The lowest BCUT2D eigenvalue weighted by atomic mass is 9.65. The summed E-state index contributed by atoms with van der Waals surface area (Å²) in [6.45, 7) is 0. The lowest BCUT2D eigenvalue weighted by molar-refractivity contribution is 0.745. The van der Waals surface area contributed by atoms with Gasteiger partial charge in [-0.25, -0.2) is 9.97 Å². The molecule has 4 heteroatoms. The zero-order chi connectivity index (χ0) is 35.2. The van der Waals surface area contributed by atoms with E-state index in [1.807, 2.05) is 24.5 Å². The first-order valence-corrected chi connectivity index (χ1v) is 17.9. The van der Waals surface area contributed by atoms with Gasteiger partial charge in [-0.05, 0) is 46.5 Å². The van der Waals surface area contributed by atoms with E-state index in [4.69, 9.17) is 9.97 Å². The lowest BCUT2D eigenvalue weighted by Crippen LogP contribution is -2.31. The van der Waals surface area contributed by atoms with E-state index < -0.39 is 5.41 Å². The molecule has 0 saturated heterocycles. The molecule has 0 N–H and O–H groups in total. The second kappa shape index (κ2) is 12.6. The summed E-state index contributed by atoms with van der Waals surface area (Å²) >= 11 is 0. The molecule has 0 amide bonds. The van der Waals surface area contributed by atoms with Crippen LogP contribution in [-0.4, -0.2) is 19.9 Å². The summed E-state index contributed by atoms with van der Waals surface area (Å²) < 4.78 is 0. The Morgan fingerprint density at radius 2 is 0.642 bits per heavy atom. The van der Waals surface area contributed by atoms with Crippen molar-refractivity contribution in [3.63, 3.8) is 0 Å². The topological polar surface area (TPSA) is 51.6 Å². The fourth-order valence-electron chi connectivity index (χ4n) is 7.93. The molecule has 0 fully saturated rings. The first kappa shape index (κ1) is 30.8. The molecule has 10 aromatic rings. The third kappa shape index (κ3) is 5.15. The third-order valence-electron chi connectivity index (χ3n) is 10.5. The van der Waals surface area contributed by atoms with Crippen molar-refractivity contribution in [1.82, 2.24) is 19.9 Å². The molecule has 0 aliphatic carbocycles. The summed E-state index contributed by atoms with van der Waals surface area (Å²) in [6, 6.07) is 64.5. The third-order valence-corrected chi connectivity index (χ3v) is 10.5. The van der Waals surface area contributed by atoms with Crippen LogP contribution in [0.4, 0.5) is 0 Å². The first-order chi connectivity index (χ1) is 26.3. The van der Waals surface area contributed by atoms with Gasteiger partial charge in [0.25, 0.3) is 0 Å². The Morgan fingerprint density at radius 1 is 0.283 bits per heavy atom. The molecule has 6 aromatic carbocycles. The highest BCUT2D eigenvalue weighted by Crippen LogP contribution is 2.46. The van der Waals surface area contributed by atoms with E-state index in [1.54, 1.807) is 0 Å². The van der Waals surface area contributed by atoms with Gasteiger partial charge in [-0.3, -0.25) is 9.97 Å². The molecule has 4 nitrogen and oxygen atoms in total. The molecule has 0 unspecified atom stereocenters. The minimum absolute atomic E-state index is 0.590. The predicted octanol–water partition coefficient (Wildman–Crippen LogP) is 11.6. The smallest absolute Gasteiger partial charge is 0.0972 e. The number of pyridine rings is 4. The normalized spacial score (nSPS) is 11.8. The molecule has 4 heterocycles. The van der Waals surface area contributed by atoms with Crippen molar-refractivity contribution in [3.8, 4) is 22.5 Å². The van der Waals surface area contributed by atoms with E-state index in [9.17, 15) is 0 Å². The van der Waals surface area contributed by atoms with Crippen LogP contribution in [0.1, 0.15) is 22.3 Å². The van der Waals surface area contributed by atoms with Crippen LogP contribution in [0.2, 0.25) is 0 Å². The average Bonchev–Trinajstić information content (AvgIpc) is 3.25. The van der Waals surface area contributed by atoms with Crippen LogP contribution in [0.5, 0.6) is 0 Å². The Kier molecular flexibility index (Phi) is 7.33. The predicted molar refractivity (Wildman–Crippen MR) is 217 cm³/mol. The second-order valence-electron chi connectivity index (χ2n) is 13.5. The maximum Gasteiger partial charge on any atom is 0.0972 e. The molecular weight excluding hydrogens is 645 g/mol. The van der Waals surface area contributed by atoms with Gasteiger partial charge in [0.1, 0.15) is 0 Å². The summed E-state index contributed by atoms with van der Waals surface area (Å²) in [7, 11) is 0. The van der Waals surface area contributed by atoms with E-state index in [0.29, 0.717) is 0 Å². The standard InChI is InChI=1S/C49H32N4/c1-3-11-39(12-4-1)49(40-13-5-2-6-14-40,41-25-19-33(20-26-41)43-29-23-37-17-15-35-9-7-31-50-45(35)47(37)52-43)42-27-21-34(22-28-42)44-30-24-38-18-16-36-10-8-32-51-46(36)48(38)53-44/h1-32H. The summed E-state index contributed by atoms with van der Waals surface area (Å²) in [4.78, 5) is 19.6. The maximum atomic E-state index is 5.14. The van der Waals surface area contributed by atoms with Crippen LogP contribution in [0, 0.1) is 0 Å². The molecular formula is C49H32N4. The van der Waals surface area contributed by atoms with E-state index in [-0.39, 0.29) is 0 Å². The number of hydrogen-bond donors (Lipinski definition) is 0. The van der Waals surface area contributed by atoms with Crippen molar-refractivity contribution in [2.45, 2.75) is 5.41 Å². The number of aromatic nitrogens is 4. The number of benzene rings is 6.